The molecule has 0 bridgehead atoms. The molecule has 0 aromatic heterocycles. The first-order valence-corrected chi connectivity index (χ1v) is 6.57. The molecule has 0 spiro atoms. The minimum atomic E-state index is -1.72. The van der Waals surface area contributed by atoms with Crippen LogP contribution in [0.3, 0.4) is 0 Å². The summed E-state index contributed by atoms with van der Waals surface area (Å²) in [6.07, 6.45) is 4.80. The van der Waals surface area contributed by atoms with Gasteiger partial charge in [-0.05, 0) is 6.42 Å². The molecule has 1 rings (SSSR count). The molecule has 0 saturated heterocycles. The van der Waals surface area contributed by atoms with E-state index in [9.17, 15) is 17.6 Å². The van der Waals surface area contributed by atoms with E-state index < -0.39 is 33.9 Å². The zero-order valence-electron chi connectivity index (χ0n) is 10.9. The summed E-state index contributed by atoms with van der Waals surface area (Å²) in [7, 11) is 0. The van der Waals surface area contributed by atoms with Crippen LogP contribution in [0.5, 0.6) is 5.75 Å². The third-order valence-electron chi connectivity index (χ3n) is 2.28. The molecule has 0 radical (unpaired) electrons. The van der Waals surface area contributed by atoms with E-state index in [0.29, 0.717) is 0 Å². The molecule has 0 amide bonds. The number of benzene rings is 1. The number of hydrogen-bond acceptors (Lipinski definition) is 5. The fourth-order valence-corrected chi connectivity index (χ4v) is 1.75. The lowest BCUT2D eigenvalue weighted by atomic mass is 10.3. The largest absolute Gasteiger partial charge is 0.483 e. The summed E-state index contributed by atoms with van der Waals surface area (Å²) >= 11 is -0.226. The van der Waals surface area contributed by atoms with Crippen molar-refractivity contribution in [3.63, 3.8) is 0 Å². The Morgan fingerprint density at radius 2 is 1.67 bits per heavy atom. The van der Waals surface area contributed by atoms with Gasteiger partial charge in [0.05, 0.1) is 12.0 Å². The lowest BCUT2D eigenvalue weighted by molar-refractivity contribution is -0.432. The van der Waals surface area contributed by atoms with Gasteiger partial charge in [-0.15, -0.1) is 4.33 Å². The molecular formula is C12H12F4O4S. The Balaban J connectivity index is 2.95. The van der Waals surface area contributed by atoms with Crippen molar-refractivity contribution in [3.8, 4) is 5.75 Å². The SMILES string of the molecule is CCC/C=C/COc1c(F)c(F)c(SOOO)c(F)c1F. The Hall–Kier alpha value is -1.29. The van der Waals surface area contributed by atoms with Crippen LogP contribution in [0.1, 0.15) is 19.8 Å². The maximum absolute atomic E-state index is 13.6. The van der Waals surface area contributed by atoms with Gasteiger partial charge in [0.1, 0.15) is 11.5 Å². The molecule has 0 fully saturated rings. The lowest BCUT2D eigenvalue weighted by Crippen LogP contribution is -2.06. The molecular weight excluding hydrogens is 316 g/mol. The number of ether oxygens (including phenoxy) is 1. The van der Waals surface area contributed by atoms with E-state index in [4.69, 9.17) is 5.26 Å². The summed E-state index contributed by atoms with van der Waals surface area (Å²) in [6.45, 7) is 1.69. The number of unbranched alkanes of at least 4 members (excludes halogenated alkanes) is 1. The van der Waals surface area contributed by atoms with Crippen molar-refractivity contribution >= 4 is 12.0 Å². The van der Waals surface area contributed by atoms with Crippen LogP contribution < -0.4 is 4.74 Å². The summed E-state index contributed by atoms with van der Waals surface area (Å²) in [5, 5.41) is 11.0. The van der Waals surface area contributed by atoms with Gasteiger partial charge in [-0.25, -0.2) is 14.0 Å². The molecule has 0 aliphatic rings. The second kappa shape index (κ2) is 8.88. The van der Waals surface area contributed by atoms with E-state index in [1.165, 1.54) is 6.08 Å². The molecule has 21 heavy (non-hydrogen) atoms. The van der Waals surface area contributed by atoms with Gasteiger partial charge in [0.15, 0.2) is 17.4 Å². The summed E-state index contributed by atoms with van der Waals surface area (Å²) in [5.41, 5.74) is 0. The molecule has 0 unspecified atom stereocenters. The number of allylic oxidation sites excluding steroid dienone is 1. The Morgan fingerprint density at radius 3 is 2.19 bits per heavy atom. The van der Waals surface area contributed by atoms with Gasteiger partial charge < -0.3 is 4.74 Å². The summed E-state index contributed by atoms with van der Waals surface area (Å²) < 4.78 is 62.7. The highest BCUT2D eigenvalue weighted by atomic mass is 32.2. The van der Waals surface area contributed by atoms with Crippen LogP contribution in [0.2, 0.25) is 0 Å². The highest BCUT2D eigenvalue weighted by molar-refractivity contribution is 7.94. The molecule has 0 saturated carbocycles. The zero-order valence-corrected chi connectivity index (χ0v) is 11.7. The minimum Gasteiger partial charge on any atom is -0.483 e. The van der Waals surface area contributed by atoms with Crippen molar-refractivity contribution in [1.82, 2.24) is 0 Å². The van der Waals surface area contributed by atoms with Crippen LogP contribution in [-0.4, -0.2) is 11.9 Å². The average molecular weight is 328 g/mol. The summed E-state index contributed by atoms with van der Waals surface area (Å²) in [5.74, 6) is -8.02. The second-order valence-electron chi connectivity index (χ2n) is 3.71. The van der Waals surface area contributed by atoms with Gasteiger partial charge in [-0.1, -0.05) is 30.5 Å². The molecule has 9 heteroatoms. The first-order chi connectivity index (χ1) is 10.0. The number of halogens is 4. The predicted molar refractivity (Wildman–Crippen MR) is 66.5 cm³/mol. The molecule has 0 atom stereocenters. The quantitative estimate of drug-likeness (QED) is 0.191. The Labute approximate surface area is 122 Å². The topological polar surface area (TPSA) is 47.9 Å². The maximum Gasteiger partial charge on any atom is 0.205 e. The van der Waals surface area contributed by atoms with Gasteiger partial charge >= 0.3 is 0 Å². The smallest absolute Gasteiger partial charge is 0.205 e. The molecule has 0 aliphatic heterocycles. The van der Waals surface area contributed by atoms with Crippen molar-refractivity contribution in [2.45, 2.75) is 24.7 Å². The van der Waals surface area contributed by atoms with Crippen LogP contribution >= 0.6 is 12.0 Å². The van der Waals surface area contributed by atoms with Gasteiger partial charge in [0.25, 0.3) is 0 Å². The van der Waals surface area contributed by atoms with E-state index in [1.54, 1.807) is 6.08 Å². The third-order valence-corrected chi connectivity index (χ3v) is 2.93. The fraction of sp³-hybridized carbons (Fsp3) is 0.333. The van der Waals surface area contributed by atoms with Crippen LogP contribution in [0, 0.1) is 23.3 Å². The molecule has 118 valence electrons. The maximum atomic E-state index is 13.6. The first kappa shape index (κ1) is 17.8. The van der Waals surface area contributed by atoms with Crippen LogP contribution in [-0.2, 0) is 9.37 Å². The van der Waals surface area contributed by atoms with Crippen molar-refractivity contribution in [1.29, 1.82) is 0 Å². The molecule has 0 heterocycles. The van der Waals surface area contributed by atoms with Crippen molar-refractivity contribution in [2.24, 2.45) is 0 Å². The number of rotatable bonds is 8. The van der Waals surface area contributed by atoms with E-state index >= 15 is 0 Å². The summed E-state index contributed by atoms with van der Waals surface area (Å²) in [4.78, 5) is -1.15. The van der Waals surface area contributed by atoms with Crippen molar-refractivity contribution in [3.05, 3.63) is 35.4 Å². The van der Waals surface area contributed by atoms with Gasteiger partial charge in [0.2, 0.25) is 11.6 Å². The average Bonchev–Trinajstić information content (AvgIpc) is 2.48. The molecule has 0 aliphatic carbocycles. The van der Waals surface area contributed by atoms with Crippen LogP contribution in [0.4, 0.5) is 17.6 Å². The fourth-order valence-electron chi connectivity index (χ4n) is 1.32. The Bertz CT molecular complexity index is 482. The van der Waals surface area contributed by atoms with Crippen LogP contribution in [0.15, 0.2) is 17.0 Å². The van der Waals surface area contributed by atoms with Gasteiger partial charge in [-0.2, -0.15) is 8.78 Å². The lowest BCUT2D eigenvalue weighted by Gasteiger charge is -2.10. The predicted octanol–water partition coefficient (Wildman–Crippen LogP) is 4.41. The molecule has 4 nitrogen and oxygen atoms in total. The minimum absolute atomic E-state index is 0.226. The highest BCUT2D eigenvalue weighted by Crippen LogP contribution is 2.35. The molecule has 1 aromatic carbocycles. The van der Waals surface area contributed by atoms with E-state index in [0.717, 1.165) is 12.8 Å². The normalized spacial score (nSPS) is 11.3. The highest BCUT2D eigenvalue weighted by Gasteiger charge is 2.27. The van der Waals surface area contributed by atoms with E-state index in [2.05, 4.69) is 14.1 Å². The molecule has 1 aromatic rings. The second-order valence-corrected chi connectivity index (χ2v) is 4.42. The van der Waals surface area contributed by atoms with Gasteiger partial charge in [-0.3, -0.25) is 0 Å². The van der Waals surface area contributed by atoms with Gasteiger partial charge in [0, 0.05) is 0 Å². The Kier molecular flexibility index (Phi) is 7.51. The van der Waals surface area contributed by atoms with Crippen molar-refractivity contribution in [2.75, 3.05) is 6.61 Å². The third kappa shape index (κ3) is 4.60. The first-order valence-electron chi connectivity index (χ1n) is 5.83. The van der Waals surface area contributed by atoms with Crippen LogP contribution in [0.25, 0.3) is 0 Å². The number of hydrogen-bond donors (Lipinski definition) is 1. The van der Waals surface area contributed by atoms with E-state index in [1.807, 2.05) is 6.92 Å². The zero-order chi connectivity index (χ0) is 15.8. The van der Waals surface area contributed by atoms with E-state index in [-0.39, 0.29) is 18.6 Å². The monoisotopic (exact) mass is 328 g/mol. The Morgan fingerprint density at radius 1 is 1.05 bits per heavy atom. The summed E-state index contributed by atoms with van der Waals surface area (Å²) in [6, 6.07) is 0. The molecule has 1 N–H and O–H groups in total. The van der Waals surface area contributed by atoms with Crippen molar-refractivity contribution < 1.29 is 36.9 Å². The standard InChI is InChI=1S/C12H12F4O4S/c1-2-3-4-5-6-18-11-7(13)9(15)12(21-20-19-17)10(16)8(11)14/h4-5,17H,2-3,6H2,1H3/b5-4+.